The standard InChI is InChI=1S/C16H18N2O3S2/c19-14(20)4-3-11-2-1-6-18(9-11)16(21)13-8-17-15(23-13)12-5-7-22-10-12/h5,7-8,10-11H,1-4,6,9H2,(H,19,20)/t11-/m0/s1. The number of carboxylic acid groups (broad SMARTS) is 1. The number of hydrogen-bond acceptors (Lipinski definition) is 5. The SMILES string of the molecule is O=C(O)CC[C@@H]1CCCN(C(=O)c2cnc(-c3ccsc3)s2)C1. The number of thiophene rings is 1. The summed E-state index contributed by atoms with van der Waals surface area (Å²) < 4.78 is 0. The van der Waals surface area contributed by atoms with Gasteiger partial charge in [-0.3, -0.25) is 9.59 Å². The summed E-state index contributed by atoms with van der Waals surface area (Å²) >= 11 is 3.03. The highest BCUT2D eigenvalue weighted by Crippen LogP contribution is 2.29. The number of rotatable bonds is 5. The van der Waals surface area contributed by atoms with E-state index in [-0.39, 0.29) is 18.2 Å². The minimum atomic E-state index is -0.767. The summed E-state index contributed by atoms with van der Waals surface area (Å²) in [6, 6.07) is 2.00. The molecule has 7 heteroatoms. The average molecular weight is 350 g/mol. The maximum atomic E-state index is 12.6. The van der Waals surface area contributed by atoms with E-state index in [9.17, 15) is 9.59 Å². The van der Waals surface area contributed by atoms with Crippen molar-refractivity contribution in [3.05, 3.63) is 27.9 Å². The molecular formula is C16H18N2O3S2. The molecular weight excluding hydrogens is 332 g/mol. The smallest absolute Gasteiger partial charge is 0.303 e. The molecule has 1 aliphatic rings. The highest BCUT2D eigenvalue weighted by molar-refractivity contribution is 7.17. The van der Waals surface area contributed by atoms with Gasteiger partial charge in [0.25, 0.3) is 5.91 Å². The second-order valence-electron chi connectivity index (χ2n) is 5.73. The molecule has 1 atom stereocenters. The van der Waals surface area contributed by atoms with Gasteiger partial charge in [-0.25, -0.2) is 4.98 Å². The van der Waals surface area contributed by atoms with Crippen LogP contribution >= 0.6 is 22.7 Å². The molecule has 3 rings (SSSR count). The third kappa shape index (κ3) is 3.97. The third-order valence-corrected chi connectivity index (χ3v) is 5.77. The molecule has 0 radical (unpaired) electrons. The summed E-state index contributed by atoms with van der Waals surface area (Å²) in [6.07, 6.45) is 4.41. The van der Waals surface area contributed by atoms with E-state index in [0.717, 1.165) is 30.0 Å². The Kier molecular flexibility index (Phi) is 5.07. The predicted molar refractivity (Wildman–Crippen MR) is 90.9 cm³/mol. The summed E-state index contributed by atoms with van der Waals surface area (Å²) in [5.41, 5.74) is 1.05. The van der Waals surface area contributed by atoms with E-state index >= 15 is 0 Å². The van der Waals surface area contributed by atoms with Crippen LogP contribution in [0.15, 0.2) is 23.0 Å². The van der Waals surface area contributed by atoms with Crippen LogP contribution in [0.5, 0.6) is 0 Å². The summed E-state index contributed by atoms with van der Waals surface area (Å²) in [5, 5.41) is 13.7. The lowest BCUT2D eigenvalue weighted by Crippen LogP contribution is -2.39. The lowest BCUT2D eigenvalue weighted by Gasteiger charge is -2.32. The number of thiazole rings is 1. The molecule has 1 fully saturated rings. The number of hydrogen-bond donors (Lipinski definition) is 1. The van der Waals surface area contributed by atoms with Gasteiger partial charge < -0.3 is 10.0 Å². The summed E-state index contributed by atoms with van der Waals surface area (Å²) in [6.45, 7) is 1.39. The summed E-state index contributed by atoms with van der Waals surface area (Å²) in [4.78, 5) is 30.2. The quantitative estimate of drug-likeness (QED) is 0.894. The first kappa shape index (κ1) is 16.1. The van der Waals surface area contributed by atoms with Gasteiger partial charge in [-0.15, -0.1) is 11.3 Å². The second kappa shape index (κ2) is 7.23. The Morgan fingerprint density at radius 1 is 1.43 bits per heavy atom. The van der Waals surface area contributed by atoms with Crippen molar-refractivity contribution >= 4 is 34.6 Å². The molecule has 0 aromatic carbocycles. The van der Waals surface area contributed by atoms with E-state index in [2.05, 4.69) is 4.98 Å². The lowest BCUT2D eigenvalue weighted by molar-refractivity contribution is -0.137. The topological polar surface area (TPSA) is 70.5 Å². The van der Waals surface area contributed by atoms with Crippen molar-refractivity contribution in [2.45, 2.75) is 25.7 Å². The monoisotopic (exact) mass is 350 g/mol. The molecule has 0 aliphatic carbocycles. The van der Waals surface area contributed by atoms with Gasteiger partial charge in [0.15, 0.2) is 0 Å². The Hall–Kier alpha value is -1.73. The molecule has 3 heterocycles. The van der Waals surface area contributed by atoms with Gasteiger partial charge in [-0.2, -0.15) is 11.3 Å². The van der Waals surface area contributed by atoms with Crippen molar-refractivity contribution in [3.63, 3.8) is 0 Å². The van der Waals surface area contributed by atoms with E-state index < -0.39 is 5.97 Å². The first-order chi connectivity index (χ1) is 11.1. The largest absolute Gasteiger partial charge is 0.481 e. The Bertz CT molecular complexity index is 681. The van der Waals surface area contributed by atoms with Gasteiger partial charge in [-0.05, 0) is 36.6 Å². The number of aliphatic carboxylic acids is 1. The van der Waals surface area contributed by atoms with Crippen LogP contribution in [0.3, 0.4) is 0 Å². The number of carboxylic acids is 1. The van der Waals surface area contributed by atoms with Crippen LogP contribution in [0, 0.1) is 5.92 Å². The Labute approximate surface area is 142 Å². The molecule has 0 unspecified atom stereocenters. The molecule has 1 N–H and O–H groups in total. The number of piperidine rings is 1. The highest BCUT2D eigenvalue weighted by atomic mass is 32.1. The zero-order chi connectivity index (χ0) is 16.2. The van der Waals surface area contributed by atoms with Crippen molar-refractivity contribution < 1.29 is 14.7 Å². The molecule has 2 aromatic heterocycles. The maximum Gasteiger partial charge on any atom is 0.303 e. The van der Waals surface area contributed by atoms with Gasteiger partial charge >= 0.3 is 5.97 Å². The highest BCUT2D eigenvalue weighted by Gasteiger charge is 2.26. The van der Waals surface area contributed by atoms with E-state index in [1.807, 2.05) is 21.7 Å². The Morgan fingerprint density at radius 2 is 2.30 bits per heavy atom. The predicted octanol–water partition coefficient (Wildman–Crippen LogP) is 3.59. The molecule has 2 aromatic rings. The summed E-state index contributed by atoms with van der Waals surface area (Å²) in [7, 11) is 0. The van der Waals surface area contributed by atoms with E-state index in [4.69, 9.17) is 5.11 Å². The van der Waals surface area contributed by atoms with Crippen molar-refractivity contribution in [2.24, 2.45) is 5.92 Å². The minimum absolute atomic E-state index is 0.0176. The molecule has 5 nitrogen and oxygen atoms in total. The van der Waals surface area contributed by atoms with Gasteiger partial charge in [0.1, 0.15) is 9.88 Å². The molecule has 0 spiro atoms. The van der Waals surface area contributed by atoms with E-state index in [0.29, 0.717) is 17.8 Å². The Morgan fingerprint density at radius 3 is 3.04 bits per heavy atom. The number of nitrogens with zero attached hydrogens (tertiary/aromatic N) is 2. The minimum Gasteiger partial charge on any atom is -0.481 e. The normalized spacial score (nSPS) is 18.1. The van der Waals surface area contributed by atoms with Gasteiger partial charge in [0.2, 0.25) is 0 Å². The Balaban J connectivity index is 1.64. The van der Waals surface area contributed by atoms with E-state index in [1.54, 1.807) is 17.5 Å². The fourth-order valence-corrected chi connectivity index (χ4v) is 4.46. The molecule has 1 aliphatic heterocycles. The molecule has 0 saturated carbocycles. The molecule has 1 amide bonds. The van der Waals surface area contributed by atoms with E-state index in [1.165, 1.54) is 11.3 Å². The van der Waals surface area contributed by atoms with Crippen LogP contribution in [-0.2, 0) is 4.79 Å². The van der Waals surface area contributed by atoms with Crippen molar-refractivity contribution in [3.8, 4) is 10.6 Å². The van der Waals surface area contributed by atoms with Crippen LogP contribution < -0.4 is 0 Å². The van der Waals surface area contributed by atoms with Crippen molar-refractivity contribution in [1.29, 1.82) is 0 Å². The molecule has 122 valence electrons. The number of aromatic nitrogens is 1. The van der Waals surface area contributed by atoms with Crippen molar-refractivity contribution in [2.75, 3.05) is 13.1 Å². The van der Waals surface area contributed by atoms with Crippen LogP contribution in [0.2, 0.25) is 0 Å². The fraction of sp³-hybridized carbons (Fsp3) is 0.438. The van der Waals surface area contributed by atoms with Crippen LogP contribution in [0.4, 0.5) is 0 Å². The van der Waals surface area contributed by atoms with Crippen LogP contribution in [-0.4, -0.2) is 40.0 Å². The third-order valence-electron chi connectivity index (χ3n) is 4.06. The van der Waals surface area contributed by atoms with Gasteiger partial charge in [0.05, 0.1) is 6.20 Å². The molecule has 1 saturated heterocycles. The first-order valence-electron chi connectivity index (χ1n) is 7.63. The molecule has 0 bridgehead atoms. The fourth-order valence-electron chi connectivity index (χ4n) is 2.86. The number of carbonyl (C=O) groups excluding carboxylic acids is 1. The number of carbonyl (C=O) groups is 2. The second-order valence-corrected chi connectivity index (χ2v) is 7.54. The van der Waals surface area contributed by atoms with Gasteiger partial charge in [0, 0.05) is 30.5 Å². The number of amides is 1. The van der Waals surface area contributed by atoms with Crippen LogP contribution in [0.1, 0.15) is 35.4 Å². The zero-order valence-electron chi connectivity index (χ0n) is 12.6. The van der Waals surface area contributed by atoms with Crippen LogP contribution in [0.25, 0.3) is 10.6 Å². The average Bonchev–Trinajstić information content (AvgIpc) is 3.23. The van der Waals surface area contributed by atoms with Gasteiger partial charge in [-0.1, -0.05) is 0 Å². The maximum absolute atomic E-state index is 12.6. The first-order valence-corrected chi connectivity index (χ1v) is 9.39. The van der Waals surface area contributed by atoms with Crippen molar-refractivity contribution in [1.82, 2.24) is 9.88 Å². The zero-order valence-corrected chi connectivity index (χ0v) is 14.2. The summed E-state index contributed by atoms with van der Waals surface area (Å²) in [5.74, 6) is -0.464. The lowest BCUT2D eigenvalue weighted by atomic mass is 9.93. The molecule has 23 heavy (non-hydrogen) atoms. The number of likely N-dealkylation sites (tertiary alicyclic amines) is 1.